The summed E-state index contributed by atoms with van der Waals surface area (Å²) in [5.74, 6) is 1.96. The number of aromatic nitrogens is 4. The summed E-state index contributed by atoms with van der Waals surface area (Å²) in [6.07, 6.45) is 2.83. The molecule has 5 rings (SSSR count). The Hall–Kier alpha value is -2.76. The van der Waals surface area contributed by atoms with Gasteiger partial charge in [0, 0.05) is 24.4 Å². The molecule has 1 amide bonds. The summed E-state index contributed by atoms with van der Waals surface area (Å²) in [6, 6.07) is 12.1. The third-order valence-corrected chi connectivity index (χ3v) is 5.50. The summed E-state index contributed by atoms with van der Waals surface area (Å²) < 4.78 is 2.16. The molecule has 0 radical (unpaired) electrons. The average Bonchev–Trinajstić information content (AvgIpc) is 3.12. The topological polar surface area (TPSA) is 63.9 Å². The molecule has 3 aromatic rings. The van der Waals surface area contributed by atoms with Crippen LogP contribution in [-0.4, -0.2) is 42.6 Å². The monoisotopic (exact) mass is 333 g/mol. The number of hydrogen-bond donors (Lipinski definition) is 0. The first-order valence-corrected chi connectivity index (χ1v) is 8.78. The second-order valence-corrected chi connectivity index (χ2v) is 6.96. The summed E-state index contributed by atoms with van der Waals surface area (Å²) in [6.45, 7) is 2.76. The van der Waals surface area contributed by atoms with Gasteiger partial charge in [0.2, 0.25) is 0 Å². The highest BCUT2D eigenvalue weighted by atomic mass is 16.2. The molecule has 0 saturated carbocycles. The molecule has 0 unspecified atom stereocenters. The highest BCUT2D eigenvalue weighted by molar-refractivity contribution is 5.95. The zero-order valence-corrected chi connectivity index (χ0v) is 14.1. The molecule has 1 fully saturated rings. The van der Waals surface area contributed by atoms with Crippen molar-refractivity contribution in [2.75, 3.05) is 0 Å². The number of para-hydroxylation sites is 1. The molecule has 0 aliphatic carbocycles. The number of aryl methyl sites for hydroxylation is 1. The van der Waals surface area contributed by atoms with Gasteiger partial charge in [-0.25, -0.2) is 4.98 Å². The molecule has 6 nitrogen and oxygen atoms in total. The number of pyridine rings is 1. The second kappa shape index (κ2) is 5.37. The van der Waals surface area contributed by atoms with E-state index in [0.29, 0.717) is 5.69 Å². The average molecular weight is 333 g/mol. The van der Waals surface area contributed by atoms with Gasteiger partial charge in [0.25, 0.3) is 5.91 Å². The van der Waals surface area contributed by atoms with Gasteiger partial charge in [0.15, 0.2) is 0 Å². The molecule has 6 heteroatoms. The van der Waals surface area contributed by atoms with E-state index < -0.39 is 0 Å². The first kappa shape index (κ1) is 14.6. The van der Waals surface area contributed by atoms with Crippen molar-refractivity contribution in [3.63, 3.8) is 0 Å². The summed E-state index contributed by atoms with van der Waals surface area (Å²) in [5.41, 5.74) is 1.40. The lowest BCUT2D eigenvalue weighted by Gasteiger charge is -2.27. The Labute approximate surface area is 145 Å². The third-order valence-electron chi connectivity index (χ3n) is 5.50. The van der Waals surface area contributed by atoms with Crippen LogP contribution in [0.2, 0.25) is 0 Å². The Morgan fingerprint density at radius 2 is 1.92 bits per heavy atom. The number of carbonyl (C=O) groups excluding carboxylic acids is 1. The molecule has 1 saturated heterocycles. The molecule has 25 heavy (non-hydrogen) atoms. The van der Waals surface area contributed by atoms with E-state index >= 15 is 0 Å². The van der Waals surface area contributed by atoms with Crippen molar-refractivity contribution in [3.8, 4) is 0 Å². The van der Waals surface area contributed by atoms with Crippen LogP contribution in [0.4, 0.5) is 0 Å². The Morgan fingerprint density at radius 1 is 1.08 bits per heavy atom. The van der Waals surface area contributed by atoms with Crippen molar-refractivity contribution in [2.24, 2.45) is 0 Å². The fourth-order valence-corrected chi connectivity index (χ4v) is 4.22. The molecular weight excluding hydrogens is 314 g/mol. The number of fused-ring (bicyclic) bond motifs is 4. The fourth-order valence-electron chi connectivity index (χ4n) is 4.22. The predicted molar refractivity (Wildman–Crippen MR) is 93.2 cm³/mol. The molecule has 126 valence electrons. The maximum absolute atomic E-state index is 13.2. The Bertz CT molecular complexity index is 979. The largest absolute Gasteiger partial charge is 0.329 e. The van der Waals surface area contributed by atoms with Crippen LogP contribution < -0.4 is 0 Å². The van der Waals surface area contributed by atoms with Crippen molar-refractivity contribution >= 4 is 16.8 Å². The van der Waals surface area contributed by atoms with Gasteiger partial charge in [-0.15, -0.1) is 10.2 Å². The van der Waals surface area contributed by atoms with Gasteiger partial charge in [-0.1, -0.05) is 24.3 Å². The van der Waals surface area contributed by atoms with E-state index in [4.69, 9.17) is 0 Å². The van der Waals surface area contributed by atoms with Crippen LogP contribution in [-0.2, 0) is 13.0 Å². The van der Waals surface area contributed by atoms with Crippen molar-refractivity contribution < 1.29 is 4.79 Å². The maximum Gasteiger partial charge on any atom is 0.273 e. The molecule has 2 aliphatic rings. The molecule has 1 aromatic carbocycles. The Balaban J connectivity index is 1.51. The Kier molecular flexibility index (Phi) is 3.13. The molecule has 2 atom stereocenters. The number of rotatable bonds is 1. The molecule has 4 heterocycles. The van der Waals surface area contributed by atoms with Crippen molar-refractivity contribution in [1.82, 2.24) is 24.6 Å². The summed E-state index contributed by atoms with van der Waals surface area (Å²) in [5, 5.41) is 9.55. The minimum absolute atomic E-state index is 0.0367. The van der Waals surface area contributed by atoms with Gasteiger partial charge in [0.1, 0.15) is 17.3 Å². The van der Waals surface area contributed by atoms with E-state index in [2.05, 4.69) is 19.7 Å². The zero-order chi connectivity index (χ0) is 17.0. The Morgan fingerprint density at radius 3 is 2.84 bits per heavy atom. The molecule has 0 spiro atoms. The van der Waals surface area contributed by atoms with Crippen LogP contribution in [0.1, 0.15) is 35.0 Å². The highest BCUT2D eigenvalue weighted by Gasteiger charge is 2.41. The minimum atomic E-state index is 0.0367. The number of hydrogen-bond acceptors (Lipinski definition) is 4. The fraction of sp³-hybridized carbons (Fsp3) is 0.368. The molecule has 2 aliphatic heterocycles. The zero-order valence-electron chi connectivity index (χ0n) is 14.1. The van der Waals surface area contributed by atoms with Crippen LogP contribution in [0.25, 0.3) is 10.9 Å². The standard InChI is InChI=1S/C19H19N5O/c1-12-21-22-18-10-14-7-8-15(11-23(12)18)24(14)19(25)17-9-6-13-4-2-3-5-16(13)20-17/h2-6,9,14-15H,7-8,10-11H2,1H3/t14-,15+/m0/s1. The van der Waals surface area contributed by atoms with Crippen molar-refractivity contribution in [1.29, 1.82) is 0 Å². The first-order chi connectivity index (χ1) is 12.2. The number of nitrogens with zero attached hydrogens (tertiary/aromatic N) is 5. The number of amides is 1. The maximum atomic E-state index is 13.2. The van der Waals surface area contributed by atoms with E-state index in [-0.39, 0.29) is 18.0 Å². The van der Waals surface area contributed by atoms with Gasteiger partial charge in [-0.3, -0.25) is 4.79 Å². The quantitative estimate of drug-likeness (QED) is 0.686. The minimum Gasteiger partial charge on any atom is -0.329 e. The van der Waals surface area contributed by atoms with Crippen LogP contribution in [0.3, 0.4) is 0 Å². The van der Waals surface area contributed by atoms with Gasteiger partial charge >= 0.3 is 0 Å². The lowest BCUT2D eigenvalue weighted by molar-refractivity contribution is 0.0659. The second-order valence-electron chi connectivity index (χ2n) is 6.96. The lowest BCUT2D eigenvalue weighted by Crippen LogP contribution is -2.42. The third kappa shape index (κ3) is 2.24. The van der Waals surface area contributed by atoms with Gasteiger partial charge < -0.3 is 9.47 Å². The highest BCUT2D eigenvalue weighted by Crippen LogP contribution is 2.32. The molecular formula is C19H19N5O. The van der Waals surface area contributed by atoms with Gasteiger partial charge in [-0.2, -0.15) is 0 Å². The summed E-state index contributed by atoms with van der Waals surface area (Å²) in [7, 11) is 0. The van der Waals surface area contributed by atoms with E-state index in [1.54, 1.807) is 0 Å². The van der Waals surface area contributed by atoms with E-state index in [0.717, 1.165) is 48.4 Å². The van der Waals surface area contributed by atoms with Crippen molar-refractivity contribution in [2.45, 2.75) is 44.8 Å². The number of benzene rings is 1. The molecule has 2 aromatic heterocycles. The first-order valence-electron chi connectivity index (χ1n) is 8.78. The molecule has 0 N–H and O–H groups in total. The normalized spacial score (nSPS) is 22.0. The van der Waals surface area contributed by atoms with Crippen LogP contribution in [0, 0.1) is 6.92 Å². The van der Waals surface area contributed by atoms with E-state index in [1.165, 1.54) is 0 Å². The van der Waals surface area contributed by atoms with Crippen LogP contribution in [0.5, 0.6) is 0 Å². The SMILES string of the molecule is Cc1nnc2n1C[C@H]1CC[C@@H](C2)N1C(=O)c1ccc2ccccc2n1. The summed E-state index contributed by atoms with van der Waals surface area (Å²) in [4.78, 5) is 19.9. The van der Waals surface area contributed by atoms with E-state index in [9.17, 15) is 4.79 Å². The van der Waals surface area contributed by atoms with E-state index in [1.807, 2.05) is 48.2 Å². The van der Waals surface area contributed by atoms with Crippen molar-refractivity contribution in [3.05, 3.63) is 53.7 Å². The predicted octanol–water partition coefficient (Wildman–Crippen LogP) is 2.36. The van der Waals surface area contributed by atoms with Crippen LogP contribution in [0.15, 0.2) is 36.4 Å². The lowest BCUT2D eigenvalue weighted by atomic mass is 10.1. The summed E-state index contributed by atoms with van der Waals surface area (Å²) >= 11 is 0. The van der Waals surface area contributed by atoms with Gasteiger partial charge in [-0.05, 0) is 31.9 Å². The smallest absolute Gasteiger partial charge is 0.273 e. The molecule has 2 bridgehead atoms. The van der Waals surface area contributed by atoms with Crippen LogP contribution >= 0.6 is 0 Å². The number of carbonyl (C=O) groups is 1. The van der Waals surface area contributed by atoms with Gasteiger partial charge in [0.05, 0.1) is 11.6 Å².